The number of hydrogen-bond donors (Lipinski definition) is 1. The van der Waals surface area contributed by atoms with E-state index < -0.39 is 0 Å². The molecule has 2 aromatic rings. The van der Waals surface area contributed by atoms with Gasteiger partial charge >= 0.3 is 0 Å². The molecule has 0 aliphatic heterocycles. The van der Waals surface area contributed by atoms with Crippen molar-refractivity contribution >= 4 is 32.9 Å². The number of rotatable bonds is 4. The van der Waals surface area contributed by atoms with E-state index in [1.807, 2.05) is 5.51 Å². The van der Waals surface area contributed by atoms with Crippen LogP contribution in [0.15, 0.2) is 17.6 Å². The molecule has 0 fully saturated rings. The van der Waals surface area contributed by atoms with E-state index in [-0.39, 0.29) is 0 Å². The van der Waals surface area contributed by atoms with Crippen LogP contribution in [-0.4, -0.2) is 17.6 Å². The van der Waals surface area contributed by atoms with Gasteiger partial charge in [0, 0.05) is 12.6 Å². The molecule has 3 nitrogen and oxygen atoms in total. The van der Waals surface area contributed by atoms with Crippen LogP contribution in [0.5, 0.6) is 0 Å². The van der Waals surface area contributed by atoms with Crippen molar-refractivity contribution in [2.45, 2.75) is 33.2 Å². The summed E-state index contributed by atoms with van der Waals surface area (Å²) in [5, 5.41) is 0. The van der Waals surface area contributed by atoms with Gasteiger partial charge in [-0.1, -0.05) is 6.92 Å². The highest BCUT2D eigenvalue weighted by molar-refractivity contribution is 7.16. The van der Waals surface area contributed by atoms with E-state index in [2.05, 4.69) is 42.8 Å². The lowest BCUT2D eigenvalue weighted by Gasteiger charge is -2.29. The molecule has 0 spiro atoms. The van der Waals surface area contributed by atoms with Gasteiger partial charge in [-0.3, -0.25) is 0 Å². The Morgan fingerprint density at radius 2 is 2.18 bits per heavy atom. The molecule has 4 heteroatoms. The number of hydrogen-bond acceptors (Lipinski definition) is 4. The van der Waals surface area contributed by atoms with Gasteiger partial charge in [0.15, 0.2) is 0 Å². The number of aromatic nitrogens is 1. The first kappa shape index (κ1) is 12.2. The molecule has 1 heterocycles. The van der Waals surface area contributed by atoms with Crippen LogP contribution in [0.1, 0.15) is 27.2 Å². The number of nitrogen functional groups attached to an aromatic ring is 1. The van der Waals surface area contributed by atoms with Gasteiger partial charge in [-0.25, -0.2) is 4.98 Å². The summed E-state index contributed by atoms with van der Waals surface area (Å²) in [7, 11) is 0. The molecule has 1 aromatic heterocycles. The van der Waals surface area contributed by atoms with Crippen LogP contribution in [0.4, 0.5) is 11.4 Å². The van der Waals surface area contributed by atoms with Gasteiger partial charge in [0.05, 0.1) is 21.6 Å². The van der Waals surface area contributed by atoms with Crippen LogP contribution < -0.4 is 10.6 Å². The van der Waals surface area contributed by atoms with E-state index in [0.29, 0.717) is 6.04 Å². The maximum Gasteiger partial charge on any atom is 0.106 e. The minimum atomic E-state index is 0.452. The molecule has 1 aromatic carbocycles. The molecule has 2 rings (SSSR count). The predicted octanol–water partition coefficient (Wildman–Crippen LogP) is 3.50. The summed E-state index contributed by atoms with van der Waals surface area (Å²) in [5.74, 6) is 0. The number of thiazole rings is 1. The molecular formula is C13H19N3S. The Kier molecular flexibility index (Phi) is 3.52. The van der Waals surface area contributed by atoms with Gasteiger partial charge in [-0.15, -0.1) is 11.3 Å². The zero-order valence-corrected chi connectivity index (χ0v) is 11.4. The van der Waals surface area contributed by atoms with Crippen LogP contribution in [0.25, 0.3) is 10.2 Å². The first-order valence-electron chi connectivity index (χ1n) is 6.03. The molecule has 0 bridgehead atoms. The fourth-order valence-electron chi connectivity index (χ4n) is 2.09. The lowest BCUT2D eigenvalue weighted by Crippen LogP contribution is -2.32. The Morgan fingerprint density at radius 3 is 2.82 bits per heavy atom. The second kappa shape index (κ2) is 4.92. The zero-order valence-electron chi connectivity index (χ0n) is 10.6. The summed E-state index contributed by atoms with van der Waals surface area (Å²) in [6, 6.07) is 4.68. The topological polar surface area (TPSA) is 42.2 Å². The van der Waals surface area contributed by atoms with Crippen molar-refractivity contribution in [2.75, 3.05) is 17.2 Å². The lowest BCUT2D eigenvalue weighted by molar-refractivity contribution is 0.672. The summed E-state index contributed by atoms with van der Waals surface area (Å²) in [6.45, 7) is 7.60. The van der Waals surface area contributed by atoms with Crippen molar-refractivity contribution in [1.82, 2.24) is 4.98 Å². The number of benzene rings is 1. The van der Waals surface area contributed by atoms with E-state index in [1.54, 1.807) is 11.3 Å². The average molecular weight is 249 g/mol. The summed E-state index contributed by atoms with van der Waals surface area (Å²) in [6.07, 6.45) is 1.12. The van der Waals surface area contributed by atoms with E-state index in [0.717, 1.165) is 34.6 Å². The Morgan fingerprint density at radius 1 is 1.41 bits per heavy atom. The van der Waals surface area contributed by atoms with Gasteiger partial charge < -0.3 is 10.6 Å². The first-order valence-corrected chi connectivity index (χ1v) is 6.91. The third-order valence-corrected chi connectivity index (χ3v) is 3.71. The minimum Gasteiger partial charge on any atom is -0.395 e. The van der Waals surface area contributed by atoms with Crippen molar-refractivity contribution in [3.05, 3.63) is 17.6 Å². The molecule has 2 N–H and O–H groups in total. The monoisotopic (exact) mass is 249 g/mol. The molecule has 0 saturated carbocycles. The molecular weight excluding hydrogens is 230 g/mol. The Bertz CT molecular complexity index is 504. The Balaban J connectivity index is 2.48. The molecule has 17 heavy (non-hydrogen) atoms. The van der Waals surface area contributed by atoms with E-state index in [9.17, 15) is 0 Å². The van der Waals surface area contributed by atoms with Gasteiger partial charge in [0.25, 0.3) is 0 Å². The highest BCUT2D eigenvalue weighted by Gasteiger charge is 2.15. The molecule has 0 atom stereocenters. The maximum absolute atomic E-state index is 6.23. The van der Waals surface area contributed by atoms with Crippen molar-refractivity contribution in [3.63, 3.8) is 0 Å². The van der Waals surface area contributed by atoms with Crippen LogP contribution in [-0.2, 0) is 0 Å². The number of fused-ring (bicyclic) bond motifs is 1. The predicted molar refractivity (Wildman–Crippen MR) is 76.8 cm³/mol. The largest absolute Gasteiger partial charge is 0.395 e. The third kappa shape index (κ3) is 2.22. The standard InChI is InChI=1S/C13H19N3S/c1-4-7-16(9(2)3)10-5-6-11-13(12(10)14)15-8-17-11/h5-6,8-9H,4,7,14H2,1-3H3. The summed E-state index contributed by atoms with van der Waals surface area (Å²) in [5.41, 5.74) is 10.9. The van der Waals surface area contributed by atoms with Crippen molar-refractivity contribution in [1.29, 1.82) is 0 Å². The van der Waals surface area contributed by atoms with Crippen molar-refractivity contribution in [2.24, 2.45) is 0 Å². The SMILES string of the molecule is CCCN(c1ccc2scnc2c1N)C(C)C. The molecule has 0 aliphatic carbocycles. The molecule has 0 amide bonds. The van der Waals surface area contributed by atoms with Crippen LogP contribution in [0.3, 0.4) is 0 Å². The van der Waals surface area contributed by atoms with Gasteiger partial charge in [-0.05, 0) is 32.4 Å². The highest BCUT2D eigenvalue weighted by atomic mass is 32.1. The van der Waals surface area contributed by atoms with Crippen molar-refractivity contribution < 1.29 is 0 Å². The number of anilines is 2. The van der Waals surface area contributed by atoms with E-state index in [1.165, 1.54) is 0 Å². The minimum absolute atomic E-state index is 0.452. The third-order valence-electron chi connectivity index (χ3n) is 2.92. The van der Waals surface area contributed by atoms with Crippen LogP contribution >= 0.6 is 11.3 Å². The maximum atomic E-state index is 6.23. The molecule has 0 aliphatic rings. The van der Waals surface area contributed by atoms with Crippen LogP contribution in [0, 0.1) is 0 Å². The van der Waals surface area contributed by atoms with Gasteiger partial charge in [0.1, 0.15) is 5.52 Å². The molecule has 0 unspecified atom stereocenters. The second-order valence-electron chi connectivity index (χ2n) is 4.48. The fraction of sp³-hybridized carbons (Fsp3) is 0.462. The second-order valence-corrected chi connectivity index (χ2v) is 5.37. The fourth-order valence-corrected chi connectivity index (χ4v) is 2.78. The molecule has 0 radical (unpaired) electrons. The quantitative estimate of drug-likeness (QED) is 0.843. The molecule has 0 saturated heterocycles. The summed E-state index contributed by atoms with van der Waals surface area (Å²) < 4.78 is 1.16. The zero-order chi connectivity index (χ0) is 12.4. The number of nitrogens with zero attached hydrogens (tertiary/aromatic N) is 2. The molecule has 92 valence electrons. The van der Waals surface area contributed by atoms with Gasteiger partial charge in [-0.2, -0.15) is 0 Å². The number of nitrogens with two attached hydrogens (primary N) is 1. The van der Waals surface area contributed by atoms with E-state index in [4.69, 9.17) is 5.73 Å². The van der Waals surface area contributed by atoms with Crippen LogP contribution in [0.2, 0.25) is 0 Å². The lowest BCUT2D eigenvalue weighted by atomic mass is 10.2. The van der Waals surface area contributed by atoms with E-state index >= 15 is 0 Å². The summed E-state index contributed by atoms with van der Waals surface area (Å²) >= 11 is 1.63. The average Bonchev–Trinajstić information content (AvgIpc) is 2.76. The van der Waals surface area contributed by atoms with Gasteiger partial charge in [0.2, 0.25) is 0 Å². The first-order chi connectivity index (χ1) is 8.15. The summed E-state index contributed by atoms with van der Waals surface area (Å²) in [4.78, 5) is 6.69. The van der Waals surface area contributed by atoms with Crippen molar-refractivity contribution in [3.8, 4) is 0 Å². The Hall–Kier alpha value is -1.29. The Labute approximate surface area is 106 Å². The highest BCUT2D eigenvalue weighted by Crippen LogP contribution is 2.33. The smallest absolute Gasteiger partial charge is 0.106 e. The normalized spacial score (nSPS) is 11.3.